The minimum Gasteiger partial charge on any atom is -0.466 e. The summed E-state index contributed by atoms with van der Waals surface area (Å²) in [7, 11) is 2.15. The molecule has 11 heteroatoms. The van der Waals surface area contributed by atoms with Crippen LogP contribution in [0.1, 0.15) is 17.0 Å². The molecule has 0 saturated carbocycles. The first-order valence-corrected chi connectivity index (χ1v) is 10.1. The summed E-state index contributed by atoms with van der Waals surface area (Å²) in [6.45, 7) is 1.50. The Morgan fingerprint density at radius 2 is 1.69 bits per heavy atom. The molecular weight excluding hydrogens is 467 g/mol. The molecule has 0 radical (unpaired) electrons. The Hall–Kier alpha value is -4.46. The molecule has 1 heterocycles. The molecule has 0 bridgehead atoms. The number of carbonyl (C=O) groups excluding carboxylic acids is 2. The lowest BCUT2D eigenvalue weighted by atomic mass is 9.81. The van der Waals surface area contributed by atoms with Crippen molar-refractivity contribution < 1.29 is 37.0 Å². The Balaban J connectivity index is 2.39. The van der Waals surface area contributed by atoms with E-state index >= 15 is 0 Å². The number of alkyl halides is 3. The van der Waals surface area contributed by atoms with E-state index in [9.17, 15) is 28.0 Å². The second-order valence-corrected chi connectivity index (χ2v) is 7.39. The van der Waals surface area contributed by atoms with Gasteiger partial charge in [-0.1, -0.05) is 30.3 Å². The van der Waals surface area contributed by atoms with Gasteiger partial charge in [-0.25, -0.2) is 9.59 Å². The van der Waals surface area contributed by atoms with Crippen LogP contribution >= 0.6 is 0 Å². The van der Waals surface area contributed by atoms with Crippen LogP contribution in [-0.2, 0) is 19.1 Å². The number of allylic oxidation sites excluding steroid dienone is 1. The van der Waals surface area contributed by atoms with E-state index in [1.807, 2.05) is 6.07 Å². The first-order chi connectivity index (χ1) is 16.5. The average Bonchev–Trinajstić information content (AvgIpc) is 2.81. The van der Waals surface area contributed by atoms with E-state index < -0.39 is 35.7 Å². The molecule has 0 aliphatic carbocycles. The van der Waals surface area contributed by atoms with E-state index in [1.54, 1.807) is 30.3 Å². The van der Waals surface area contributed by atoms with Crippen LogP contribution in [0.3, 0.4) is 0 Å². The summed E-state index contributed by atoms with van der Waals surface area (Å²) in [5.41, 5.74) is 6.25. The van der Waals surface area contributed by atoms with Gasteiger partial charge in [0.1, 0.15) is 17.3 Å². The van der Waals surface area contributed by atoms with Crippen LogP contribution in [0.2, 0.25) is 0 Å². The molecule has 182 valence electrons. The maximum atomic E-state index is 13.0. The lowest BCUT2D eigenvalue weighted by molar-refractivity contribution is -0.274. The van der Waals surface area contributed by atoms with Crippen molar-refractivity contribution in [3.05, 3.63) is 82.3 Å². The third kappa shape index (κ3) is 5.06. The Morgan fingerprint density at radius 1 is 1.06 bits per heavy atom. The molecular formula is C24H20F3N3O5. The highest BCUT2D eigenvalue weighted by atomic mass is 19.4. The number of nitrogens with zero attached hydrogens (tertiary/aromatic N) is 2. The molecule has 3 rings (SSSR count). The van der Waals surface area contributed by atoms with Gasteiger partial charge in [0.05, 0.1) is 43.0 Å². The number of hydrogen-bond donors (Lipinski definition) is 1. The predicted molar refractivity (Wildman–Crippen MR) is 117 cm³/mol. The van der Waals surface area contributed by atoms with Gasteiger partial charge in [-0.2, -0.15) is 5.26 Å². The minimum atomic E-state index is -4.98. The molecule has 1 atom stereocenters. The topological polar surface area (TPSA) is 115 Å². The number of esters is 2. The van der Waals surface area contributed by atoms with Crippen molar-refractivity contribution in [2.45, 2.75) is 19.2 Å². The van der Waals surface area contributed by atoms with E-state index in [0.717, 1.165) is 31.3 Å². The fraction of sp³-hybridized carbons (Fsp3) is 0.208. The van der Waals surface area contributed by atoms with E-state index in [4.69, 9.17) is 15.2 Å². The van der Waals surface area contributed by atoms with Crippen molar-refractivity contribution in [3.8, 4) is 11.8 Å². The molecule has 0 saturated heterocycles. The summed E-state index contributed by atoms with van der Waals surface area (Å²) >= 11 is 0. The molecule has 2 aromatic rings. The SMILES string of the molecule is COC(=O)C1=C(C(=O)OC)N(c2cc(C)cc(OC(F)(F)F)c2)C(N)=C(C#N)C1c1ccccc1. The van der Waals surface area contributed by atoms with Crippen LogP contribution in [0.4, 0.5) is 18.9 Å². The number of ether oxygens (including phenoxy) is 3. The summed E-state index contributed by atoms with van der Waals surface area (Å²) in [5, 5.41) is 10.00. The summed E-state index contributed by atoms with van der Waals surface area (Å²) in [6, 6.07) is 13.8. The molecule has 2 aromatic carbocycles. The van der Waals surface area contributed by atoms with Gasteiger partial charge in [0, 0.05) is 6.07 Å². The van der Waals surface area contributed by atoms with Gasteiger partial charge in [0.25, 0.3) is 0 Å². The zero-order valence-corrected chi connectivity index (χ0v) is 18.8. The van der Waals surface area contributed by atoms with Crippen molar-refractivity contribution in [1.82, 2.24) is 0 Å². The van der Waals surface area contributed by atoms with Gasteiger partial charge < -0.3 is 19.9 Å². The van der Waals surface area contributed by atoms with Crippen LogP contribution in [0, 0.1) is 18.3 Å². The van der Waals surface area contributed by atoms with Gasteiger partial charge in [-0.3, -0.25) is 4.90 Å². The first kappa shape index (κ1) is 25.2. The monoisotopic (exact) mass is 487 g/mol. The van der Waals surface area contributed by atoms with Crippen molar-refractivity contribution >= 4 is 17.6 Å². The van der Waals surface area contributed by atoms with Gasteiger partial charge in [-0.15, -0.1) is 13.2 Å². The maximum absolute atomic E-state index is 13.0. The lowest BCUT2D eigenvalue weighted by Gasteiger charge is -2.36. The molecule has 0 amide bonds. The summed E-state index contributed by atoms with van der Waals surface area (Å²) in [4.78, 5) is 27.0. The third-order valence-corrected chi connectivity index (χ3v) is 5.14. The van der Waals surface area contributed by atoms with Crippen molar-refractivity contribution in [2.75, 3.05) is 19.1 Å². The molecule has 1 unspecified atom stereocenters. The minimum absolute atomic E-state index is 0.0668. The molecule has 35 heavy (non-hydrogen) atoms. The Bertz CT molecular complexity index is 1260. The van der Waals surface area contributed by atoms with Crippen LogP contribution in [0.15, 0.2) is 71.2 Å². The number of halogens is 3. The van der Waals surface area contributed by atoms with Crippen molar-refractivity contribution in [3.63, 3.8) is 0 Å². The summed E-state index contributed by atoms with van der Waals surface area (Å²) in [6.07, 6.45) is -4.98. The van der Waals surface area contributed by atoms with Crippen LogP contribution in [-0.4, -0.2) is 32.5 Å². The number of benzene rings is 2. The summed E-state index contributed by atoms with van der Waals surface area (Å²) in [5.74, 6) is -3.95. The second-order valence-electron chi connectivity index (χ2n) is 7.39. The number of nitriles is 1. The fourth-order valence-corrected chi connectivity index (χ4v) is 3.83. The highest BCUT2D eigenvalue weighted by molar-refractivity contribution is 6.06. The van der Waals surface area contributed by atoms with Crippen molar-refractivity contribution in [1.29, 1.82) is 5.26 Å². The predicted octanol–water partition coefficient (Wildman–Crippen LogP) is 3.79. The lowest BCUT2D eigenvalue weighted by Crippen LogP contribution is -2.40. The smallest absolute Gasteiger partial charge is 0.466 e. The molecule has 2 N–H and O–H groups in total. The standard InChI is InChI=1S/C24H20F3N3O5/c1-13-9-15(11-16(10-13)35-24(25,26)27)30-20(23(32)34-3)19(22(31)33-2)18(17(12-28)21(30)29)14-7-5-4-6-8-14/h4-11,18H,29H2,1-3H3. The van der Waals surface area contributed by atoms with Crippen molar-refractivity contribution in [2.24, 2.45) is 5.73 Å². The number of carbonyl (C=O) groups is 2. The van der Waals surface area contributed by atoms with Gasteiger partial charge in [-0.05, 0) is 30.2 Å². The number of aryl methyl sites for hydroxylation is 1. The van der Waals surface area contributed by atoms with E-state index in [2.05, 4.69) is 4.74 Å². The Morgan fingerprint density at radius 3 is 2.23 bits per heavy atom. The number of anilines is 1. The number of rotatable bonds is 5. The summed E-state index contributed by atoms with van der Waals surface area (Å²) < 4.78 is 52.5. The largest absolute Gasteiger partial charge is 0.573 e. The highest BCUT2D eigenvalue weighted by Gasteiger charge is 2.43. The zero-order valence-electron chi connectivity index (χ0n) is 18.8. The fourth-order valence-electron chi connectivity index (χ4n) is 3.83. The molecule has 8 nitrogen and oxygen atoms in total. The van der Waals surface area contributed by atoms with Crippen LogP contribution in [0.25, 0.3) is 0 Å². The van der Waals surface area contributed by atoms with Crippen LogP contribution in [0.5, 0.6) is 5.75 Å². The first-order valence-electron chi connectivity index (χ1n) is 10.1. The maximum Gasteiger partial charge on any atom is 0.573 e. The Labute approximate surface area is 198 Å². The number of nitrogens with two attached hydrogens (primary N) is 1. The van der Waals surface area contributed by atoms with Gasteiger partial charge in [0.2, 0.25) is 0 Å². The molecule has 1 aliphatic rings. The number of hydrogen-bond acceptors (Lipinski definition) is 8. The normalized spacial score (nSPS) is 16.0. The second kappa shape index (κ2) is 9.80. The quantitative estimate of drug-likeness (QED) is 0.634. The molecule has 0 fully saturated rings. The molecule has 1 aliphatic heterocycles. The van der Waals surface area contributed by atoms with Crippen LogP contribution < -0.4 is 15.4 Å². The van der Waals surface area contributed by atoms with E-state index in [-0.39, 0.29) is 22.7 Å². The average molecular weight is 487 g/mol. The molecule has 0 aromatic heterocycles. The third-order valence-electron chi connectivity index (χ3n) is 5.14. The Kier molecular flexibility index (Phi) is 7.05. The zero-order chi connectivity index (χ0) is 25.9. The highest BCUT2D eigenvalue weighted by Crippen LogP contribution is 2.44. The van der Waals surface area contributed by atoms with E-state index in [0.29, 0.717) is 11.1 Å². The molecule has 0 spiro atoms. The van der Waals surface area contributed by atoms with Gasteiger partial charge >= 0.3 is 18.3 Å². The van der Waals surface area contributed by atoms with Gasteiger partial charge in [0.15, 0.2) is 0 Å². The van der Waals surface area contributed by atoms with E-state index in [1.165, 1.54) is 13.0 Å². The number of methoxy groups -OCH3 is 2.